The molecule has 3 nitrogen and oxygen atoms in total. The summed E-state index contributed by atoms with van der Waals surface area (Å²) in [7, 11) is -1.73. The van der Waals surface area contributed by atoms with Crippen LogP contribution in [0, 0.1) is 0 Å². The average Bonchev–Trinajstić information content (AvgIpc) is 2.59. The maximum atomic E-state index is 6.11. The number of hydrogen-bond donors (Lipinski definition) is 0. The first kappa shape index (κ1) is 13.8. The lowest BCUT2D eigenvalue weighted by Gasteiger charge is -2.38. The van der Waals surface area contributed by atoms with Gasteiger partial charge in [-0.25, -0.2) is 9.97 Å². The van der Waals surface area contributed by atoms with Crippen LogP contribution in [0.25, 0.3) is 11.0 Å². The van der Waals surface area contributed by atoms with Crippen LogP contribution in [-0.2, 0) is 0 Å². The smallest absolute Gasteiger partial charge is 0.225 e. The zero-order valence-corrected chi connectivity index (χ0v) is 13.8. The molecule has 6 heteroatoms. The molecule has 2 heterocycles. The summed E-state index contributed by atoms with van der Waals surface area (Å²) in [4.78, 5) is 8.32. The third-order valence-electron chi connectivity index (χ3n) is 3.91. The van der Waals surface area contributed by atoms with Crippen LogP contribution in [-0.4, -0.2) is 22.4 Å². The topological polar surface area (TPSA) is 30.7 Å². The van der Waals surface area contributed by atoms with Gasteiger partial charge in [-0.15, -0.1) is 0 Å². The van der Waals surface area contributed by atoms with Gasteiger partial charge in [-0.1, -0.05) is 45.5 Å². The fourth-order valence-corrected chi connectivity index (χ4v) is 4.07. The van der Waals surface area contributed by atoms with Crippen molar-refractivity contribution in [1.82, 2.24) is 14.2 Å². The second-order valence-corrected chi connectivity index (χ2v) is 11.8. The minimum absolute atomic E-state index is 0.200. The number of hydrogen-bond acceptors (Lipinski definition) is 2. The Kier molecular flexibility index (Phi) is 3.24. The van der Waals surface area contributed by atoms with Gasteiger partial charge in [-0.05, 0) is 28.9 Å². The summed E-state index contributed by atoms with van der Waals surface area (Å²) in [6.07, 6.45) is 2.05. The van der Waals surface area contributed by atoms with Gasteiger partial charge >= 0.3 is 0 Å². The SMILES string of the molecule is CC(C)(C)[Si](C)(C)n1ccc2c(Cl)nc(Cl)nc21. The van der Waals surface area contributed by atoms with Gasteiger partial charge in [0.15, 0.2) is 8.24 Å². The molecule has 2 aromatic heterocycles. The van der Waals surface area contributed by atoms with Crippen molar-refractivity contribution in [2.45, 2.75) is 38.9 Å². The summed E-state index contributed by atoms with van der Waals surface area (Å²) in [5.74, 6) is 0. The molecule has 0 bridgehead atoms. The van der Waals surface area contributed by atoms with Gasteiger partial charge in [0.2, 0.25) is 5.28 Å². The van der Waals surface area contributed by atoms with E-state index in [4.69, 9.17) is 23.2 Å². The molecule has 0 amide bonds. The maximum absolute atomic E-state index is 6.11. The van der Waals surface area contributed by atoms with Gasteiger partial charge in [0, 0.05) is 0 Å². The maximum Gasteiger partial charge on any atom is 0.225 e. The molecule has 0 aliphatic carbocycles. The Bertz CT molecular complexity index is 599. The molecular weight excluding hydrogens is 285 g/mol. The highest BCUT2D eigenvalue weighted by Crippen LogP contribution is 2.39. The van der Waals surface area contributed by atoms with Crippen molar-refractivity contribution in [3.8, 4) is 0 Å². The van der Waals surface area contributed by atoms with E-state index in [2.05, 4.69) is 54.3 Å². The van der Waals surface area contributed by atoms with Crippen LogP contribution in [0.4, 0.5) is 0 Å². The van der Waals surface area contributed by atoms with Crippen LogP contribution in [0.3, 0.4) is 0 Å². The van der Waals surface area contributed by atoms with Gasteiger partial charge in [-0.2, -0.15) is 0 Å². The quantitative estimate of drug-likeness (QED) is 0.438. The molecule has 0 saturated heterocycles. The van der Waals surface area contributed by atoms with Crippen LogP contribution in [0.5, 0.6) is 0 Å². The fourth-order valence-electron chi connectivity index (χ4n) is 1.77. The van der Waals surface area contributed by atoms with Crippen molar-refractivity contribution in [3.63, 3.8) is 0 Å². The molecule has 0 aromatic carbocycles. The van der Waals surface area contributed by atoms with Crippen molar-refractivity contribution >= 4 is 42.5 Å². The molecule has 0 N–H and O–H groups in total. The average molecular weight is 302 g/mol. The summed E-state index contributed by atoms with van der Waals surface area (Å²) >= 11 is 12.0. The lowest BCUT2D eigenvalue weighted by atomic mass is 10.2. The Balaban J connectivity index is 2.74. The Morgan fingerprint density at radius 2 is 1.78 bits per heavy atom. The molecular formula is C12H17Cl2N3Si. The molecule has 0 spiro atoms. The van der Waals surface area contributed by atoms with Gasteiger partial charge in [0.1, 0.15) is 10.8 Å². The second kappa shape index (κ2) is 4.22. The molecule has 0 saturated carbocycles. The minimum atomic E-state index is -1.73. The van der Waals surface area contributed by atoms with E-state index >= 15 is 0 Å². The molecule has 98 valence electrons. The van der Waals surface area contributed by atoms with Crippen molar-refractivity contribution < 1.29 is 0 Å². The molecule has 0 fully saturated rings. The predicted octanol–water partition coefficient (Wildman–Crippen LogP) is 4.59. The van der Waals surface area contributed by atoms with Crippen molar-refractivity contribution in [2.24, 2.45) is 0 Å². The first-order valence-electron chi connectivity index (χ1n) is 5.85. The van der Waals surface area contributed by atoms with Crippen molar-refractivity contribution in [1.29, 1.82) is 0 Å². The van der Waals surface area contributed by atoms with E-state index in [1.165, 1.54) is 0 Å². The molecule has 2 rings (SSSR count). The lowest BCUT2D eigenvalue weighted by molar-refractivity contribution is 0.702. The zero-order valence-electron chi connectivity index (χ0n) is 11.3. The summed E-state index contributed by atoms with van der Waals surface area (Å²) in [5.41, 5.74) is 0.839. The van der Waals surface area contributed by atoms with E-state index in [-0.39, 0.29) is 10.3 Å². The summed E-state index contributed by atoms with van der Waals surface area (Å²) in [6.45, 7) is 11.4. The Hall–Kier alpha value is -0.583. The third-order valence-corrected chi connectivity index (χ3v) is 9.60. The predicted molar refractivity (Wildman–Crippen MR) is 80.1 cm³/mol. The molecule has 2 aromatic rings. The first-order chi connectivity index (χ1) is 8.14. The summed E-state index contributed by atoms with van der Waals surface area (Å²) < 4.78 is 2.25. The minimum Gasteiger partial charge on any atom is -0.359 e. The molecule has 18 heavy (non-hydrogen) atoms. The summed E-state index contributed by atoms with van der Waals surface area (Å²) in [5, 5.41) is 1.70. The van der Waals surface area contributed by atoms with E-state index in [1.54, 1.807) is 0 Å². The highest BCUT2D eigenvalue weighted by Gasteiger charge is 2.38. The van der Waals surface area contributed by atoms with E-state index in [0.29, 0.717) is 5.15 Å². The van der Waals surface area contributed by atoms with Crippen molar-refractivity contribution in [2.75, 3.05) is 0 Å². The van der Waals surface area contributed by atoms with E-state index in [0.717, 1.165) is 11.0 Å². The third kappa shape index (κ3) is 2.06. The molecule has 0 atom stereocenters. The zero-order chi connectivity index (χ0) is 13.7. The van der Waals surface area contributed by atoms with E-state index in [1.807, 2.05) is 6.07 Å². The molecule has 0 aliphatic heterocycles. The number of nitrogens with zero attached hydrogens (tertiary/aromatic N) is 3. The van der Waals surface area contributed by atoms with Gasteiger partial charge < -0.3 is 4.23 Å². The van der Waals surface area contributed by atoms with E-state index < -0.39 is 8.24 Å². The Morgan fingerprint density at radius 1 is 1.17 bits per heavy atom. The second-order valence-electron chi connectivity index (χ2n) is 6.02. The van der Waals surface area contributed by atoms with Crippen LogP contribution in [0.2, 0.25) is 28.6 Å². The highest BCUT2D eigenvalue weighted by molar-refractivity contribution is 6.79. The van der Waals surface area contributed by atoms with Crippen LogP contribution >= 0.6 is 23.2 Å². The van der Waals surface area contributed by atoms with Crippen LogP contribution in [0.1, 0.15) is 20.8 Å². The van der Waals surface area contributed by atoms with Crippen molar-refractivity contribution in [3.05, 3.63) is 22.7 Å². The largest absolute Gasteiger partial charge is 0.359 e. The first-order valence-corrected chi connectivity index (χ1v) is 9.55. The summed E-state index contributed by atoms with van der Waals surface area (Å²) in [6, 6.07) is 1.97. The van der Waals surface area contributed by atoms with Crippen LogP contribution < -0.4 is 0 Å². The normalized spacial score (nSPS) is 13.3. The molecule has 0 aliphatic rings. The van der Waals surface area contributed by atoms with Gasteiger partial charge in [0.25, 0.3) is 0 Å². The van der Waals surface area contributed by atoms with Gasteiger partial charge in [0.05, 0.1) is 5.39 Å². The molecule has 0 unspecified atom stereocenters. The lowest BCUT2D eigenvalue weighted by Crippen LogP contribution is -2.45. The monoisotopic (exact) mass is 301 g/mol. The number of halogens is 2. The standard InChI is InChI=1S/C12H17Cl2N3Si/c1-12(2,3)18(4,5)17-7-6-8-9(13)15-11(14)16-10(8)17/h6-7H,1-5H3. The Labute approximate surface area is 118 Å². The van der Waals surface area contributed by atoms with Crippen LogP contribution in [0.15, 0.2) is 12.3 Å². The number of rotatable bonds is 1. The fraction of sp³-hybridized carbons (Fsp3) is 0.500. The van der Waals surface area contributed by atoms with E-state index in [9.17, 15) is 0 Å². The highest BCUT2D eigenvalue weighted by atomic mass is 35.5. The number of fused-ring (bicyclic) bond motifs is 1. The Morgan fingerprint density at radius 3 is 2.33 bits per heavy atom. The molecule has 0 radical (unpaired) electrons. The van der Waals surface area contributed by atoms with Gasteiger partial charge in [-0.3, -0.25) is 0 Å². The number of aromatic nitrogens is 3.